The number of piperazine rings is 1. The standard InChI is InChI=1S/C20H25N3O5/c1-3-11-28-18(25)13-17-19(26)21-9-10-23(17)20(27)16(22-14(2)24)12-15-7-5-4-6-8-15/h4-8,12,17H,3,9-11,13H2,1-2H3,(H,21,26)(H,22,24). The molecule has 0 radical (unpaired) electrons. The van der Waals surface area contributed by atoms with Crippen LogP contribution in [0.25, 0.3) is 6.08 Å². The van der Waals surface area contributed by atoms with Gasteiger partial charge in [0.1, 0.15) is 11.7 Å². The molecule has 1 heterocycles. The van der Waals surface area contributed by atoms with E-state index in [0.29, 0.717) is 6.42 Å². The molecule has 2 N–H and O–H groups in total. The predicted molar refractivity (Wildman–Crippen MR) is 103 cm³/mol. The Morgan fingerprint density at radius 3 is 2.64 bits per heavy atom. The number of nitrogens with one attached hydrogen (secondary N) is 2. The van der Waals surface area contributed by atoms with Crippen molar-refractivity contribution < 1.29 is 23.9 Å². The van der Waals surface area contributed by atoms with E-state index in [0.717, 1.165) is 5.56 Å². The predicted octanol–water partition coefficient (Wildman–Crippen LogP) is 0.834. The fourth-order valence-corrected chi connectivity index (χ4v) is 2.80. The van der Waals surface area contributed by atoms with Crippen LogP contribution < -0.4 is 10.6 Å². The van der Waals surface area contributed by atoms with E-state index < -0.39 is 29.7 Å². The summed E-state index contributed by atoms with van der Waals surface area (Å²) in [6.45, 7) is 3.91. The minimum atomic E-state index is -0.987. The van der Waals surface area contributed by atoms with Crippen molar-refractivity contribution in [2.24, 2.45) is 0 Å². The Hall–Kier alpha value is -3.16. The number of carbonyl (C=O) groups excluding carboxylic acids is 4. The summed E-state index contributed by atoms with van der Waals surface area (Å²) in [5.41, 5.74) is 0.764. The molecule has 0 spiro atoms. The summed E-state index contributed by atoms with van der Waals surface area (Å²) in [6.07, 6.45) is 1.97. The van der Waals surface area contributed by atoms with E-state index in [1.807, 2.05) is 25.1 Å². The van der Waals surface area contributed by atoms with Crippen LogP contribution in [0.3, 0.4) is 0 Å². The number of hydrogen-bond acceptors (Lipinski definition) is 5. The molecule has 0 bridgehead atoms. The van der Waals surface area contributed by atoms with Gasteiger partial charge in [-0.05, 0) is 18.1 Å². The second-order valence-corrected chi connectivity index (χ2v) is 6.38. The summed E-state index contributed by atoms with van der Waals surface area (Å²) in [6, 6.07) is 8.04. The quantitative estimate of drug-likeness (QED) is 0.533. The van der Waals surface area contributed by atoms with Crippen LogP contribution in [-0.4, -0.2) is 54.3 Å². The lowest BCUT2D eigenvalue weighted by molar-refractivity contribution is -0.151. The van der Waals surface area contributed by atoms with Crippen LogP contribution >= 0.6 is 0 Å². The average Bonchev–Trinajstić information content (AvgIpc) is 2.67. The van der Waals surface area contributed by atoms with Crippen LogP contribution in [0.15, 0.2) is 36.0 Å². The van der Waals surface area contributed by atoms with Crippen molar-refractivity contribution in [2.45, 2.75) is 32.7 Å². The summed E-state index contributed by atoms with van der Waals surface area (Å²) in [4.78, 5) is 50.3. The van der Waals surface area contributed by atoms with Gasteiger partial charge in [-0.3, -0.25) is 19.2 Å². The lowest BCUT2D eigenvalue weighted by Crippen LogP contribution is -2.58. The third-order valence-corrected chi connectivity index (χ3v) is 4.07. The van der Waals surface area contributed by atoms with Gasteiger partial charge in [-0.15, -0.1) is 0 Å². The molecule has 1 aromatic rings. The maximum absolute atomic E-state index is 13.1. The molecule has 1 aromatic carbocycles. The van der Waals surface area contributed by atoms with Gasteiger partial charge in [0, 0.05) is 20.0 Å². The van der Waals surface area contributed by atoms with Crippen molar-refractivity contribution in [1.82, 2.24) is 15.5 Å². The van der Waals surface area contributed by atoms with E-state index in [9.17, 15) is 19.2 Å². The third kappa shape index (κ3) is 5.94. The van der Waals surface area contributed by atoms with Gasteiger partial charge in [0.25, 0.3) is 5.91 Å². The number of carbonyl (C=O) groups is 4. The van der Waals surface area contributed by atoms with Gasteiger partial charge in [0.15, 0.2) is 0 Å². The molecule has 1 aliphatic rings. The Kier molecular flexibility index (Phi) is 7.74. The van der Waals surface area contributed by atoms with Crippen molar-refractivity contribution in [3.63, 3.8) is 0 Å². The van der Waals surface area contributed by atoms with E-state index in [1.165, 1.54) is 11.8 Å². The highest BCUT2D eigenvalue weighted by Gasteiger charge is 2.36. The molecule has 3 amide bonds. The third-order valence-electron chi connectivity index (χ3n) is 4.07. The summed E-state index contributed by atoms with van der Waals surface area (Å²) >= 11 is 0. The molecule has 1 atom stereocenters. The zero-order chi connectivity index (χ0) is 20.5. The number of ether oxygens (including phenoxy) is 1. The van der Waals surface area contributed by atoms with E-state index in [2.05, 4.69) is 10.6 Å². The summed E-state index contributed by atoms with van der Waals surface area (Å²) in [5, 5.41) is 5.19. The van der Waals surface area contributed by atoms with Gasteiger partial charge in [-0.2, -0.15) is 0 Å². The fourth-order valence-electron chi connectivity index (χ4n) is 2.80. The number of nitrogens with zero attached hydrogens (tertiary/aromatic N) is 1. The van der Waals surface area contributed by atoms with Crippen LogP contribution in [-0.2, 0) is 23.9 Å². The Bertz CT molecular complexity index is 760. The molecule has 1 aliphatic heterocycles. The van der Waals surface area contributed by atoms with Crippen molar-refractivity contribution in [3.8, 4) is 0 Å². The number of rotatable bonds is 7. The molecule has 8 nitrogen and oxygen atoms in total. The van der Waals surface area contributed by atoms with Gasteiger partial charge in [-0.25, -0.2) is 0 Å². The SMILES string of the molecule is CCCOC(=O)CC1C(=O)NCCN1C(=O)C(=Cc1ccccc1)NC(C)=O. The molecule has 1 unspecified atom stereocenters. The van der Waals surface area contributed by atoms with Crippen molar-refractivity contribution in [2.75, 3.05) is 19.7 Å². The largest absolute Gasteiger partial charge is 0.466 e. The van der Waals surface area contributed by atoms with Crippen molar-refractivity contribution >= 4 is 29.8 Å². The number of benzene rings is 1. The highest BCUT2D eigenvalue weighted by molar-refractivity contribution is 6.03. The second kappa shape index (κ2) is 10.2. The van der Waals surface area contributed by atoms with Crippen LogP contribution in [0.1, 0.15) is 32.3 Å². The number of amides is 3. The molecule has 150 valence electrons. The van der Waals surface area contributed by atoms with Gasteiger partial charge < -0.3 is 20.3 Å². The Balaban J connectivity index is 2.26. The normalized spacial score (nSPS) is 16.9. The van der Waals surface area contributed by atoms with Gasteiger partial charge >= 0.3 is 5.97 Å². The summed E-state index contributed by atoms with van der Waals surface area (Å²) in [7, 11) is 0. The number of hydrogen-bond donors (Lipinski definition) is 2. The Labute approximate surface area is 163 Å². The van der Waals surface area contributed by atoms with Gasteiger partial charge in [-0.1, -0.05) is 37.3 Å². The van der Waals surface area contributed by atoms with E-state index >= 15 is 0 Å². The van der Waals surface area contributed by atoms with Gasteiger partial charge in [0.05, 0.1) is 13.0 Å². The highest BCUT2D eigenvalue weighted by atomic mass is 16.5. The van der Waals surface area contributed by atoms with Crippen LogP contribution in [0.4, 0.5) is 0 Å². The maximum atomic E-state index is 13.1. The number of esters is 1. The molecule has 1 fully saturated rings. The molecule has 8 heteroatoms. The van der Waals surface area contributed by atoms with Crippen molar-refractivity contribution in [1.29, 1.82) is 0 Å². The second-order valence-electron chi connectivity index (χ2n) is 6.38. The van der Waals surface area contributed by atoms with Crippen LogP contribution in [0.2, 0.25) is 0 Å². The van der Waals surface area contributed by atoms with Crippen LogP contribution in [0, 0.1) is 0 Å². The monoisotopic (exact) mass is 387 g/mol. The molecular formula is C20H25N3O5. The molecule has 0 aliphatic carbocycles. The lowest BCUT2D eigenvalue weighted by Gasteiger charge is -2.35. The first-order valence-electron chi connectivity index (χ1n) is 9.21. The van der Waals surface area contributed by atoms with Crippen LogP contribution in [0.5, 0.6) is 0 Å². The Morgan fingerprint density at radius 2 is 2.00 bits per heavy atom. The Morgan fingerprint density at radius 1 is 1.29 bits per heavy atom. The fraction of sp³-hybridized carbons (Fsp3) is 0.400. The van der Waals surface area contributed by atoms with Crippen molar-refractivity contribution in [3.05, 3.63) is 41.6 Å². The minimum absolute atomic E-state index is 0.0420. The molecule has 1 saturated heterocycles. The zero-order valence-electron chi connectivity index (χ0n) is 16.1. The molecule has 2 rings (SSSR count). The summed E-state index contributed by atoms with van der Waals surface area (Å²) < 4.78 is 5.05. The average molecular weight is 387 g/mol. The minimum Gasteiger partial charge on any atom is -0.466 e. The first-order chi connectivity index (χ1) is 13.4. The lowest BCUT2D eigenvalue weighted by atomic mass is 10.1. The molecular weight excluding hydrogens is 362 g/mol. The van der Waals surface area contributed by atoms with E-state index in [4.69, 9.17) is 4.74 Å². The zero-order valence-corrected chi connectivity index (χ0v) is 16.1. The first kappa shape index (κ1) is 21.1. The highest BCUT2D eigenvalue weighted by Crippen LogP contribution is 2.15. The first-order valence-corrected chi connectivity index (χ1v) is 9.21. The maximum Gasteiger partial charge on any atom is 0.308 e. The molecule has 0 saturated carbocycles. The van der Waals surface area contributed by atoms with E-state index in [-0.39, 0.29) is 31.8 Å². The topological polar surface area (TPSA) is 105 Å². The summed E-state index contributed by atoms with van der Waals surface area (Å²) in [5.74, 6) is -1.90. The smallest absolute Gasteiger partial charge is 0.308 e. The molecule has 0 aromatic heterocycles. The molecule has 28 heavy (non-hydrogen) atoms. The van der Waals surface area contributed by atoms with E-state index in [1.54, 1.807) is 18.2 Å². The van der Waals surface area contributed by atoms with Gasteiger partial charge in [0.2, 0.25) is 11.8 Å².